The van der Waals surface area contributed by atoms with Crippen LogP contribution in [0.4, 0.5) is 0 Å². The lowest BCUT2D eigenvalue weighted by Crippen LogP contribution is -2.40. The van der Waals surface area contributed by atoms with Crippen LogP contribution in [-0.2, 0) is 9.59 Å². The van der Waals surface area contributed by atoms with E-state index < -0.39 is 6.04 Å². The number of amides is 2. The second-order valence-electron chi connectivity index (χ2n) is 5.23. The summed E-state index contributed by atoms with van der Waals surface area (Å²) in [5, 5.41) is 3.21. The average molecular weight is 259 g/mol. The Hall–Kier alpha value is -1.75. The van der Waals surface area contributed by atoms with Crippen molar-refractivity contribution in [2.75, 3.05) is 0 Å². The highest BCUT2D eigenvalue weighted by Gasteiger charge is 2.46. The van der Waals surface area contributed by atoms with Gasteiger partial charge in [-0.1, -0.05) is 6.07 Å². The highest BCUT2D eigenvalue weighted by atomic mass is 16.2. The molecule has 2 aliphatic rings. The number of likely N-dealkylation sites (tertiary alicyclic amines) is 1. The van der Waals surface area contributed by atoms with Crippen LogP contribution in [0.3, 0.4) is 0 Å². The Labute approximate surface area is 112 Å². The number of aromatic nitrogens is 1. The molecule has 2 unspecified atom stereocenters. The summed E-state index contributed by atoms with van der Waals surface area (Å²) in [4.78, 5) is 29.7. The van der Waals surface area contributed by atoms with Crippen molar-refractivity contribution in [3.05, 3.63) is 30.1 Å². The molecule has 1 aromatic heterocycles. The van der Waals surface area contributed by atoms with Crippen LogP contribution in [0, 0.1) is 0 Å². The zero-order valence-electron chi connectivity index (χ0n) is 10.9. The number of imide groups is 1. The van der Waals surface area contributed by atoms with Gasteiger partial charge in [0.1, 0.15) is 0 Å². The van der Waals surface area contributed by atoms with Crippen molar-refractivity contribution in [3.63, 3.8) is 0 Å². The first-order chi connectivity index (χ1) is 9.16. The third-order valence-corrected chi connectivity index (χ3v) is 3.68. The number of hydrogen-bond donors (Lipinski definition) is 1. The number of pyridine rings is 1. The van der Waals surface area contributed by atoms with E-state index in [0.29, 0.717) is 0 Å². The zero-order valence-corrected chi connectivity index (χ0v) is 10.9. The Kier molecular flexibility index (Phi) is 3.06. The van der Waals surface area contributed by atoms with E-state index >= 15 is 0 Å². The van der Waals surface area contributed by atoms with E-state index in [1.54, 1.807) is 6.20 Å². The molecule has 0 aromatic carbocycles. The fourth-order valence-electron chi connectivity index (χ4n) is 2.52. The molecule has 1 saturated heterocycles. The van der Waals surface area contributed by atoms with Crippen molar-refractivity contribution in [2.45, 2.75) is 44.3 Å². The van der Waals surface area contributed by atoms with Gasteiger partial charge in [-0.3, -0.25) is 24.8 Å². The molecular formula is C14H17N3O2. The second kappa shape index (κ2) is 4.74. The predicted molar refractivity (Wildman–Crippen MR) is 69.1 cm³/mol. The number of hydrogen-bond acceptors (Lipinski definition) is 4. The Morgan fingerprint density at radius 1 is 1.37 bits per heavy atom. The maximum atomic E-state index is 12.2. The number of nitrogens with zero attached hydrogens (tertiary/aromatic N) is 2. The summed E-state index contributed by atoms with van der Waals surface area (Å²) in [6.45, 7) is 1.96. The lowest BCUT2D eigenvalue weighted by Gasteiger charge is -2.18. The van der Waals surface area contributed by atoms with Crippen molar-refractivity contribution in [2.24, 2.45) is 0 Å². The molecule has 2 heterocycles. The molecule has 5 heteroatoms. The summed E-state index contributed by atoms with van der Waals surface area (Å²) in [5.74, 6) is -0.117. The largest absolute Gasteiger partial charge is 0.297 e. The fraction of sp³-hybridized carbons (Fsp3) is 0.500. The Balaban J connectivity index is 1.67. The van der Waals surface area contributed by atoms with Gasteiger partial charge in [-0.05, 0) is 31.9 Å². The first-order valence-electron chi connectivity index (χ1n) is 6.69. The van der Waals surface area contributed by atoms with Gasteiger partial charge in [0, 0.05) is 18.3 Å². The van der Waals surface area contributed by atoms with Gasteiger partial charge in [0.25, 0.3) is 0 Å². The molecule has 5 nitrogen and oxygen atoms in total. The molecule has 2 fully saturated rings. The molecular weight excluding hydrogens is 242 g/mol. The van der Waals surface area contributed by atoms with Crippen molar-refractivity contribution in [1.29, 1.82) is 0 Å². The van der Waals surface area contributed by atoms with E-state index in [9.17, 15) is 9.59 Å². The van der Waals surface area contributed by atoms with Crippen molar-refractivity contribution >= 4 is 11.8 Å². The van der Waals surface area contributed by atoms with Gasteiger partial charge in [0.05, 0.1) is 18.2 Å². The number of rotatable bonds is 4. The summed E-state index contributed by atoms with van der Waals surface area (Å²) in [6.07, 6.45) is 3.91. The van der Waals surface area contributed by atoms with Crippen molar-refractivity contribution in [3.8, 4) is 0 Å². The highest BCUT2D eigenvalue weighted by molar-refractivity contribution is 6.06. The molecule has 0 spiro atoms. The van der Waals surface area contributed by atoms with Crippen LogP contribution in [0.2, 0.25) is 0 Å². The van der Waals surface area contributed by atoms with Crippen molar-refractivity contribution in [1.82, 2.24) is 15.2 Å². The van der Waals surface area contributed by atoms with Gasteiger partial charge < -0.3 is 0 Å². The highest BCUT2D eigenvalue weighted by Crippen LogP contribution is 2.31. The van der Waals surface area contributed by atoms with E-state index in [2.05, 4.69) is 10.3 Å². The lowest BCUT2D eigenvalue weighted by molar-refractivity contribution is -0.139. The molecule has 1 saturated carbocycles. The van der Waals surface area contributed by atoms with Crippen LogP contribution in [0.25, 0.3) is 0 Å². The molecule has 0 radical (unpaired) electrons. The normalized spacial score (nSPS) is 24.9. The topological polar surface area (TPSA) is 62.3 Å². The minimum absolute atomic E-state index is 0.0397. The van der Waals surface area contributed by atoms with E-state index in [1.807, 2.05) is 25.1 Å². The van der Waals surface area contributed by atoms with E-state index in [1.165, 1.54) is 4.90 Å². The maximum absolute atomic E-state index is 12.2. The van der Waals surface area contributed by atoms with Crippen LogP contribution in [0.1, 0.15) is 37.9 Å². The monoisotopic (exact) mass is 259 g/mol. The van der Waals surface area contributed by atoms with Crippen LogP contribution in [0.15, 0.2) is 24.4 Å². The molecule has 2 atom stereocenters. The minimum Gasteiger partial charge on any atom is -0.297 e. The van der Waals surface area contributed by atoms with Gasteiger partial charge in [-0.2, -0.15) is 0 Å². The molecule has 1 aliphatic carbocycles. The van der Waals surface area contributed by atoms with E-state index in [-0.39, 0.29) is 30.3 Å². The van der Waals surface area contributed by atoms with Crippen LogP contribution >= 0.6 is 0 Å². The first-order valence-corrected chi connectivity index (χ1v) is 6.69. The standard InChI is InChI=1S/C14H17N3O2/c1-9(11-4-2-3-7-15-11)16-12-8-13(18)17(14(12)19)10-5-6-10/h2-4,7,9-10,12,16H,5-6,8H2,1H3. The number of nitrogens with one attached hydrogen (secondary N) is 1. The molecule has 0 bridgehead atoms. The van der Waals surface area contributed by atoms with Crippen LogP contribution in [0.5, 0.6) is 0 Å². The Bertz CT molecular complexity index is 499. The Morgan fingerprint density at radius 3 is 2.79 bits per heavy atom. The SMILES string of the molecule is CC(NC1CC(=O)N(C2CC2)C1=O)c1ccccn1. The smallest absolute Gasteiger partial charge is 0.247 e. The van der Waals surface area contributed by atoms with Gasteiger partial charge in [-0.25, -0.2) is 0 Å². The lowest BCUT2D eigenvalue weighted by atomic mass is 10.1. The second-order valence-corrected chi connectivity index (χ2v) is 5.23. The third-order valence-electron chi connectivity index (χ3n) is 3.68. The molecule has 2 amide bonds. The van der Waals surface area contributed by atoms with Crippen LogP contribution < -0.4 is 5.32 Å². The summed E-state index contributed by atoms with van der Waals surface area (Å²) >= 11 is 0. The third kappa shape index (κ3) is 2.38. The van der Waals surface area contributed by atoms with Gasteiger partial charge in [-0.15, -0.1) is 0 Å². The average Bonchev–Trinajstić information content (AvgIpc) is 3.19. The minimum atomic E-state index is -0.398. The zero-order chi connectivity index (χ0) is 13.4. The van der Waals surface area contributed by atoms with Gasteiger partial charge in [0.2, 0.25) is 11.8 Å². The Morgan fingerprint density at radius 2 is 2.16 bits per heavy atom. The molecule has 1 aliphatic heterocycles. The van der Waals surface area contributed by atoms with Crippen molar-refractivity contribution < 1.29 is 9.59 Å². The quantitative estimate of drug-likeness (QED) is 0.820. The number of carbonyl (C=O) groups is 2. The number of carbonyl (C=O) groups excluding carboxylic acids is 2. The molecule has 100 valence electrons. The predicted octanol–water partition coefficient (Wildman–Crippen LogP) is 1.02. The van der Waals surface area contributed by atoms with E-state index in [0.717, 1.165) is 18.5 Å². The van der Waals surface area contributed by atoms with E-state index in [4.69, 9.17) is 0 Å². The summed E-state index contributed by atoms with van der Waals surface area (Å²) in [7, 11) is 0. The summed E-state index contributed by atoms with van der Waals surface area (Å²) in [5.41, 5.74) is 0.882. The molecule has 19 heavy (non-hydrogen) atoms. The molecule has 1 aromatic rings. The molecule has 3 rings (SSSR count). The van der Waals surface area contributed by atoms with Gasteiger partial charge in [0.15, 0.2) is 0 Å². The van der Waals surface area contributed by atoms with Gasteiger partial charge >= 0.3 is 0 Å². The fourth-order valence-corrected chi connectivity index (χ4v) is 2.52. The first kappa shape index (κ1) is 12.3. The maximum Gasteiger partial charge on any atom is 0.247 e. The van der Waals surface area contributed by atoms with Crippen LogP contribution in [-0.4, -0.2) is 33.8 Å². The summed E-state index contributed by atoms with van der Waals surface area (Å²) < 4.78 is 0. The molecule has 1 N–H and O–H groups in total. The summed E-state index contributed by atoms with van der Waals surface area (Å²) in [6, 6.07) is 5.41.